The van der Waals surface area contributed by atoms with Crippen molar-refractivity contribution < 1.29 is 5.21 Å². The Kier molecular flexibility index (Phi) is 3.05. The first-order valence-corrected chi connectivity index (χ1v) is 5.61. The summed E-state index contributed by atoms with van der Waals surface area (Å²) in [6.07, 6.45) is 7.67. The maximum Gasteiger partial charge on any atom is 0.0541 e. The van der Waals surface area contributed by atoms with E-state index in [9.17, 15) is 0 Å². The third-order valence-corrected chi connectivity index (χ3v) is 3.40. The van der Waals surface area contributed by atoms with Crippen LogP contribution in [-0.2, 0) is 5.41 Å². The van der Waals surface area contributed by atoms with Crippen molar-refractivity contribution >= 4 is 6.21 Å². The lowest BCUT2D eigenvalue weighted by atomic mass is 9.70. The van der Waals surface area contributed by atoms with E-state index in [0.717, 1.165) is 12.8 Å². The van der Waals surface area contributed by atoms with E-state index < -0.39 is 0 Å². The first-order valence-electron chi connectivity index (χ1n) is 5.61. The molecule has 2 rings (SSSR count). The van der Waals surface area contributed by atoms with Gasteiger partial charge >= 0.3 is 0 Å². The quantitative estimate of drug-likeness (QED) is 0.446. The Hall–Kier alpha value is -1.31. The molecule has 2 heteroatoms. The summed E-state index contributed by atoms with van der Waals surface area (Å²) in [5.41, 5.74) is 1.26. The van der Waals surface area contributed by atoms with Gasteiger partial charge in [0.25, 0.3) is 0 Å². The molecule has 0 unspecified atom stereocenters. The van der Waals surface area contributed by atoms with E-state index in [-0.39, 0.29) is 5.41 Å². The van der Waals surface area contributed by atoms with Gasteiger partial charge in [0.15, 0.2) is 0 Å². The van der Waals surface area contributed by atoms with Gasteiger partial charge in [-0.2, -0.15) is 0 Å². The van der Waals surface area contributed by atoms with Crippen molar-refractivity contribution in [3.63, 3.8) is 0 Å². The van der Waals surface area contributed by atoms with Crippen LogP contribution in [0.4, 0.5) is 0 Å². The summed E-state index contributed by atoms with van der Waals surface area (Å²) in [4.78, 5) is 0. The van der Waals surface area contributed by atoms with Crippen LogP contribution >= 0.6 is 0 Å². The van der Waals surface area contributed by atoms with Crippen LogP contribution in [-0.4, -0.2) is 11.4 Å². The highest BCUT2D eigenvalue weighted by atomic mass is 16.4. The zero-order chi connectivity index (χ0) is 10.6. The minimum absolute atomic E-state index is 0.0196. The molecule has 1 aromatic carbocycles. The molecule has 0 aromatic heterocycles. The van der Waals surface area contributed by atoms with Crippen LogP contribution < -0.4 is 0 Å². The van der Waals surface area contributed by atoms with Crippen LogP contribution in [0, 0.1) is 0 Å². The smallest absolute Gasteiger partial charge is 0.0541 e. The molecular weight excluding hydrogens is 186 g/mol. The lowest BCUT2D eigenvalue weighted by Gasteiger charge is -2.33. The van der Waals surface area contributed by atoms with E-state index in [2.05, 4.69) is 29.4 Å². The lowest BCUT2D eigenvalue weighted by Crippen LogP contribution is -2.30. The van der Waals surface area contributed by atoms with E-state index in [1.54, 1.807) is 6.21 Å². The average Bonchev–Trinajstić information content (AvgIpc) is 2.32. The molecule has 1 N–H and O–H groups in total. The molecule has 1 saturated carbocycles. The molecule has 0 aliphatic heterocycles. The van der Waals surface area contributed by atoms with Crippen molar-refractivity contribution in [1.29, 1.82) is 0 Å². The molecule has 1 aliphatic rings. The largest absolute Gasteiger partial charge is 0.411 e. The summed E-state index contributed by atoms with van der Waals surface area (Å²) >= 11 is 0. The van der Waals surface area contributed by atoms with Crippen LogP contribution in [0.5, 0.6) is 0 Å². The number of rotatable bonds is 2. The van der Waals surface area contributed by atoms with Crippen molar-refractivity contribution in [2.45, 2.75) is 37.5 Å². The van der Waals surface area contributed by atoms with Crippen LogP contribution in [0.2, 0.25) is 0 Å². The van der Waals surface area contributed by atoms with Crippen molar-refractivity contribution in [2.75, 3.05) is 0 Å². The first-order chi connectivity index (χ1) is 7.37. The Morgan fingerprint density at radius 2 is 1.73 bits per heavy atom. The third kappa shape index (κ3) is 2.04. The SMILES string of the molecule is ON=CC1(c2ccccc2)CCCCC1. The zero-order valence-corrected chi connectivity index (χ0v) is 8.89. The summed E-state index contributed by atoms with van der Waals surface area (Å²) < 4.78 is 0. The van der Waals surface area contributed by atoms with E-state index in [4.69, 9.17) is 5.21 Å². The number of nitrogens with zero attached hydrogens (tertiary/aromatic N) is 1. The molecule has 0 amide bonds. The lowest BCUT2D eigenvalue weighted by molar-refractivity contribution is 0.307. The van der Waals surface area contributed by atoms with Gasteiger partial charge in [-0.05, 0) is 18.4 Å². The summed E-state index contributed by atoms with van der Waals surface area (Å²) in [5, 5.41) is 12.1. The number of benzene rings is 1. The molecule has 0 radical (unpaired) electrons. The van der Waals surface area contributed by atoms with Crippen molar-refractivity contribution in [1.82, 2.24) is 0 Å². The zero-order valence-electron chi connectivity index (χ0n) is 8.89. The predicted octanol–water partition coefficient (Wildman–Crippen LogP) is 3.35. The standard InChI is InChI=1S/C13H17NO/c15-14-11-13(9-5-2-6-10-13)12-7-3-1-4-8-12/h1,3-4,7-8,11,15H,2,5-6,9-10H2. The van der Waals surface area contributed by atoms with E-state index in [0.29, 0.717) is 0 Å². The minimum Gasteiger partial charge on any atom is -0.411 e. The molecule has 80 valence electrons. The summed E-state index contributed by atoms with van der Waals surface area (Å²) in [6, 6.07) is 10.4. The predicted molar refractivity (Wildman–Crippen MR) is 61.5 cm³/mol. The number of oxime groups is 1. The van der Waals surface area contributed by atoms with Gasteiger partial charge in [0.05, 0.1) is 6.21 Å². The van der Waals surface area contributed by atoms with Gasteiger partial charge < -0.3 is 5.21 Å². The van der Waals surface area contributed by atoms with Crippen molar-refractivity contribution in [3.8, 4) is 0 Å². The van der Waals surface area contributed by atoms with Crippen molar-refractivity contribution in [3.05, 3.63) is 35.9 Å². The van der Waals surface area contributed by atoms with Gasteiger partial charge in [-0.15, -0.1) is 5.16 Å². The normalized spacial score (nSPS) is 20.5. The van der Waals surface area contributed by atoms with Gasteiger partial charge in [0.2, 0.25) is 0 Å². The fraction of sp³-hybridized carbons (Fsp3) is 0.462. The Bertz CT molecular complexity index is 326. The maximum atomic E-state index is 8.81. The Morgan fingerprint density at radius 1 is 1.07 bits per heavy atom. The van der Waals surface area contributed by atoms with Gasteiger partial charge in [0.1, 0.15) is 0 Å². The topological polar surface area (TPSA) is 32.6 Å². The molecule has 2 nitrogen and oxygen atoms in total. The van der Waals surface area contributed by atoms with E-state index >= 15 is 0 Å². The molecule has 0 spiro atoms. The van der Waals surface area contributed by atoms with Crippen LogP contribution in [0.15, 0.2) is 35.5 Å². The minimum atomic E-state index is -0.0196. The molecule has 0 heterocycles. The van der Waals surface area contributed by atoms with Crippen LogP contribution in [0.1, 0.15) is 37.7 Å². The highest BCUT2D eigenvalue weighted by Crippen LogP contribution is 2.37. The second-order valence-corrected chi connectivity index (χ2v) is 4.33. The van der Waals surface area contributed by atoms with Gasteiger partial charge in [-0.1, -0.05) is 49.6 Å². The highest BCUT2D eigenvalue weighted by molar-refractivity contribution is 5.73. The highest BCUT2D eigenvalue weighted by Gasteiger charge is 2.32. The maximum absolute atomic E-state index is 8.81. The monoisotopic (exact) mass is 203 g/mol. The third-order valence-electron chi connectivity index (χ3n) is 3.40. The molecule has 1 aromatic rings. The summed E-state index contributed by atoms with van der Waals surface area (Å²) in [5.74, 6) is 0. The van der Waals surface area contributed by atoms with E-state index in [1.807, 2.05) is 6.07 Å². The summed E-state index contributed by atoms with van der Waals surface area (Å²) in [6.45, 7) is 0. The Labute approximate surface area is 90.6 Å². The first kappa shape index (κ1) is 10.2. The van der Waals surface area contributed by atoms with Crippen LogP contribution in [0.3, 0.4) is 0 Å². The Balaban J connectivity index is 2.33. The average molecular weight is 203 g/mol. The fourth-order valence-corrected chi connectivity index (χ4v) is 2.56. The van der Waals surface area contributed by atoms with Gasteiger partial charge in [-0.25, -0.2) is 0 Å². The van der Waals surface area contributed by atoms with E-state index in [1.165, 1.54) is 24.8 Å². The van der Waals surface area contributed by atoms with Gasteiger partial charge in [0, 0.05) is 5.41 Å². The summed E-state index contributed by atoms with van der Waals surface area (Å²) in [7, 11) is 0. The molecular formula is C13H17NO. The Morgan fingerprint density at radius 3 is 2.33 bits per heavy atom. The van der Waals surface area contributed by atoms with Gasteiger partial charge in [-0.3, -0.25) is 0 Å². The molecule has 0 atom stereocenters. The molecule has 1 aliphatic carbocycles. The fourth-order valence-electron chi connectivity index (χ4n) is 2.56. The second-order valence-electron chi connectivity index (χ2n) is 4.33. The molecule has 0 bridgehead atoms. The second kappa shape index (κ2) is 4.47. The van der Waals surface area contributed by atoms with Crippen molar-refractivity contribution in [2.24, 2.45) is 5.16 Å². The molecule has 0 saturated heterocycles. The number of hydrogen-bond acceptors (Lipinski definition) is 2. The molecule has 15 heavy (non-hydrogen) atoms. The molecule has 1 fully saturated rings. The van der Waals surface area contributed by atoms with Crippen LogP contribution in [0.25, 0.3) is 0 Å². The number of hydrogen-bond donors (Lipinski definition) is 1.